The van der Waals surface area contributed by atoms with Gasteiger partial charge in [0.05, 0.1) is 12.2 Å². The first-order valence-electron chi connectivity index (χ1n) is 6.93. The number of rotatable bonds is 4. The quantitative estimate of drug-likeness (QED) is 0.685. The second-order valence-corrected chi connectivity index (χ2v) is 5.04. The minimum atomic E-state index is -0.597. The van der Waals surface area contributed by atoms with Gasteiger partial charge in [-0.1, -0.05) is 0 Å². The van der Waals surface area contributed by atoms with E-state index in [4.69, 9.17) is 20.0 Å². The maximum atomic E-state index is 12.1. The number of likely N-dealkylation sites (N-methyl/N-ethyl adjacent to an activating group) is 1. The van der Waals surface area contributed by atoms with Crippen molar-refractivity contribution in [3.63, 3.8) is 0 Å². The van der Waals surface area contributed by atoms with Gasteiger partial charge in [-0.3, -0.25) is 0 Å². The Labute approximate surface area is 133 Å². The van der Waals surface area contributed by atoms with Crippen molar-refractivity contribution in [3.8, 4) is 12.1 Å². The number of aliphatic hydroxyl groups is 1. The zero-order chi connectivity index (χ0) is 17.0. The van der Waals surface area contributed by atoms with Crippen LogP contribution in [0.2, 0.25) is 0 Å². The SMILES string of the molecule is CC(=C(C#N)C#N)c1cc2ccc(N(C)CCO)cc2oc1=O. The standard InChI is InChI=1S/C17H15N3O3/c1-11(13(9-18)10-19)15-7-12-3-4-14(20(2)5-6-21)8-16(12)23-17(15)22/h3-4,7-8,21H,5-6H2,1-2H3. The second-order valence-electron chi connectivity index (χ2n) is 5.04. The number of benzene rings is 1. The summed E-state index contributed by atoms with van der Waals surface area (Å²) in [4.78, 5) is 14.0. The van der Waals surface area contributed by atoms with Crippen LogP contribution in [0, 0.1) is 22.7 Å². The monoisotopic (exact) mass is 309 g/mol. The van der Waals surface area contributed by atoms with Crippen LogP contribution in [-0.2, 0) is 0 Å². The Morgan fingerprint density at radius 2 is 2.00 bits per heavy atom. The molecule has 2 aromatic rings. The van der Waals surface area contributed by atoms with E-state index in [9.17, 15) is 4.79 Å². The van der Waals surface area contributed by atoms with E-state index in [1.165, 1.54) is 0 Å². The van der Waals surface area contributed by atoms with Crippen molar-refractivity contribution >= 4 is 22.2 Å². The number of nitriles is 2. The molecule has 0 radical (unpaired) electrons. The number of nitrogens with zero attached hydrogens (tertiary/aromatic N) is 3. The highest BCUT2D eigenvalue weighted by Gasteiger charge is 2.12. The summed E-state index contributed by atoms with van der Waals surface area (Å²) in [6.45, 7) is 2.03. The fourth-order valence-electron chi connectivity index (χ4n) is 2.21. The molecule has 6 heteroatoms. The number of allylic oxidation sites excluding steroid dienone is 2. The molecule has 1 aromatic carbocycles. The van der Waals surface area contributed by atoms with E-state index >= 15 is 0 Å². The summed E-state index contributed by atoms with van der Waals surface area (Å²) in [7, 11) is 1.82. The molecule has 0 bridgehead atoms. The van der Waals surface area contributed by atoms with Crippen molar-refractivity contribution in [2.45, 2.75) is 6.92 Å². The zero-order valence-corrected chi connectivity index (χ0v) is 12.8. The predicted octanol–water partition coefficient (Wildman–Crippen LogP) is 2.04. The molecule has 0 unspecified atom stereocenters. The molecule has 1 heterocycles. The summed E-state index contributed by atoms with van der Waals surface area (Å²) in [5.74, 6) is 0. The highest BCUT2D eigenvalue weighted by Crippen LogP contribution is 2.24. The fraction of sp³-hybridized carbons (Fsp3) is 0.235. The van der Waals surface area contributed by atoms with Gasteiger partial charge in [-0.05, 0) is 30.7 Å². The average molecular weight is 309 g/mol. The molecule has 2 rings (SSSR count). The lowest BCUT2D eigenvalue weighted by atomic mass is 10.0. The molecule has 23 heavy (non-hydrogen) atoms. The van der Waals surface area contributed by atoms with Crippen LogP contribution in [0.3, 0.4) is 0 Å². The number of fused-ring (bicyclic) bond motifs is 1. The van der Waals surface area contributed by atoms with E-state index in [0.29, 0.717) is 23.1 Å². The molecule has 0 saturated heterocycles. The molecule has 0 spiro atoms. The van der Waals surface area contributed by atoms with Gasteiger partial charge in [0.2, 0.25) is 0 Å². The lowest BCUT2D eigenvalue weighted by molar-refractivity contribution is 0.304. The predicted molar refractivity (Wildman–Crippen MR) is 86.7 cm³/mol. The van der Waals surface area contributed by atoms with Gasteiger partial charge in [0.15, 0.2) is 0 Å². The van der Waals surface area contributed by atoms with Gasteiger partial charge in [0.1, 0.15) is 23.3 Å². The van der Waals surface area contributed by atoms with Crippen LogP contribution in [0.5, 0.6) is 0 Å². The lowest BCUT2D eigenvalue weighted by Gasteiger charge is -2.18. The van der Waals surface area contributed by atoms with Gasteiger partial charge in [0, 0.05) is 30.7 Å². The van der Waals surface area contributed by atoms with Crippen molar-refractivity contribution in [1.29, 1.82) is 10.5 Å². The van der Waals surface area contributed by atoms with Gasteiger partial charge in [-0.15, -0.1) is 0 Å². The topological polar surface area (TPSA) is 101 Å². The first-order valence-corrected chi connectivity index (χ1v) is 6.93. The Kier molecular flexibility index (Phi) is 4.80. The smallest absolute Gasteiger partial charge is 0.343 e. The lowest BCUT2D eigenvalue weighted by Crippen LogP contribution is -2.21. The fourth-order valence-corrected chi connectivity index (χ4v) is 2.21. The Morgan fingerprint density at radius 1 is 1.30 bits per heavy atom. The van der Waals surface area contributed by atoms with Gasteiger partial charge >= 0.3 is 5.63 Å². The van der Waals surface area contributed by atoms with Crippen LogP contribution in [0.15, 0.2) is 39.1 Å². The van der Waals surface area contributed by atoms with Crippen molar-refractivity contribution in [1.82, 2.24) is 0 Å². The maximum absolute atomic E-state index is 12.1. The Hall–Kier alpha value is -3.09. The highest BCUT2D eigenvalue weighted by atomic mass is 16.4. The average Bonchev–Trinajstić information content (AvgIpc) is 2.54. The molecule has 1 N–H and O–H groups in total. The van der Waals surface area contributed by atoms with Crippen LogP contribution in [-0.4, -0.2) is 25.3 Å². The van der Waals surface area contributed by atoms with Crippen molar-refractivity contribution in [2.24, 2.45) is 0 Å². The third kappa shape index (κ3) is 3.23. The van der Waals surface area contributed by atoms with E-state index in [1.54, 1.807) is 37.3 Å². The van der Waals surface area contributed by atoms with Crippen molar-refractivity contribution in [3.05, 3.63) is 45.8 Å². The third-order valence-corrected chi connectivity index (χ3v) is 3.60. The van der Waals surface area contributed by atoms with Crippen molar-refractivity contribution < 1.29 is 9.52 Å². The van der Waals surface area contributed by atoms with E-state index < -0.39 is 5.63 Å². The van der Waals surface area contributed by atoms with Crippen LogP contribution >= 0.6 is 0 Å². The van der Waals surface area contributed by atoms with Gasteiger partial charge in [-0.2, -0.15) is 10.5 Å². The van der Waals surface area contributed by atoms with Crippen LogP contribution in [0.25, 0.3) is 16.5 Å². The van der Waals surface area contributed by atoms with Gasteiger partial charge < -0.3 is 14.4 Å². The summed E-state index contributed by atoms with van der Waals surface area (Å²) in [5.41, 5.74) is 1.00. The van der Waals surface area contributed by atoms with Crippen LogP contribution in [0.4, 0.5) is 5.69 Å². The minimum Gasteiger partial charge on any atom is -0.422 e. The van der Waals surface area contributed by atoms with Crippen molar-refractivity contribution in [2.75, 3.05) is 25.1 Å². The number of hydrogen-bond donors (Lipinski definition) is 1. The summed E-state index contributed by atoms with van der Waals surface area (Å²) in [5, 5.41) is 27.5. The summed E-state index contributed by atoms with van der Waals surface area (Å²) >= 11 is 0. The number of aliphatic hydroxyl groups excluding tert-OH is 1. The highest BCUT2D eigenvalue weighted by molar-refractivity contribution is 5.85. The van der Waals surface area contributed by atoms with E-state index in [0.717, 1.165) is 5.69 Å². The van der Waals surface area contributed by atoms with E-state index in [2.05, 4.69) is 0 Å². The zero-order valence-electron chi connectivity index (χ0n) is 12.8. The van der Waals surface area contributed by atoms with Crippen LogP contribution in [0.1, 0.15) is 12.5 Å². The van der Waals surface area contributed by atoms with Gasteiger partial charge in [0.25, 0.3) is 0 Å². The normalized spacial score (nSPS) is 9.96. The Balaban J connectivity index is 2.59. The largest absolute Gasteiger partial charge is 0.422 e. The van der Waals surface area contributed by atoms with Gasteiger partial charge in [-0.25, -0.2) is 4.79 Å². The number of hydrogen-bond acceptors (Lipinski definition) is 6. The first-order chi connectivity index (χ1) is 11.0. The molecule has 0 aliphatic heterocycles. The summed E-state index contributed by atoms with van der Waals surface area (Å²) in [6.07, 6.45) is 0. The Bertz CT molecular complexity index is 897. The molecule has 1 aromatic heterocycles. The molecule has 6 nitrogen and oxygen atoms in total. The molecule has 0 saturated carbocycles. The second kappa shape index (κ2) is 6.78. The molecule has 0 amide bonds. The van der Waals surface area contributed by atoms with E-state index in [1.807, 2.05) is 18.0 Å². The molecule has 0 fully saturated rings. The molecule has 0 aliphatic rings. The molecule has 116 valence electrons. The minimum absolute atomic E-state index is 0.0203. The Morgan fingerprint density at radius 3 is 2.61 bits per heavy atom. The number of anilines is 1. The molecular weight excluding hydrogens is 294 g/mol. The van der Waals surface area contributed by atoms with E-state index in [-0.39, 0.29) is 17.7 Å². The first kappa shape index (κ1) is 16.3. The maximum Gasteiger partial charge on any atom is 0.343 e. The molecule has 0 aliphatic carbocycles. The third-order valence-electron chi connectivity index (χ3n) is 3.60. The summed E-state index contributed by atoms with van der Waals surface area (Å²) < 4.78 is 5.32. The molecule has 0 atom stereocenters. The molecular formula is C17H15N3O3. The summed E-state index contributed by atoms with van der Waals surface area (Å²) in [6, 6.07) is 10.5. The van der Waals surface area contributed by atoms with Crippen LogP contribution < -0.4 is 10.5 Å².